The number of hydrogen-bond donors (Lipinski definition) is 1. The van der Waals surface area contributed by atoms with Gasteiger partial charge in [-0.1, -0.05) is 11.6 Å². The zero-order chi connectivity index (χ0) is 29.0. The van der Waals surface area contributed by atoms with E-state index in [2.05, 4.69) is 10.2 Å². The first-order valence-electron chi connectivity index (χ1n) is 13.1. The van der Waals surface area contributed by atoms with Gasteiger partial charge in [-0.2, -0.15) is 0 Å². The van der Waals surface area contributed by atoms with E-state index in [9.17, 15) is 14.4 Å². The third kappa shape index (κ3) is 6.03. The van der Waals surface area contributed by atoms with Gasteiger partial charge in [-0.05, 0) is 56.3 Å². The van der Waals surface area contributed by atoms with Crippen LogP contribution in [0.2, 0.25) is 5.02 Å². The van der Waals surface area contributed by atoms with Gasteiger partial charge in [0.05, 0.1) is 32.4 Å². The zero-order valence-corrected chi connectivity index (χ0v) is 24.2. The molecule has 2 heterocycles. The van der Waals surface area contributed by atoms with Crippen LogP contribution in [0.5, 0.6) is 11.5 Å². The van der Waals surface area contributed by atoms with E-state index in [1.807, 2.05) is 11.8 Å². The summed E-state index contributed by atoms with van der Waals surface area (Å²) in [4.78, 5) is 45.2. The van der Waals surface area contributed by atoms with Crippen LogP contribution in [0.1, 0.15) is 35.8 Å². The minimum atomic E-state index is -0.812. The number of ether oxygens (including phenoxy) is 3. The van der Waals surface area contributed by atoms with Crippen molar-refractivity contribution in [2.24, 2.45) is 0 Å². The van der Waals surface area contributed by atoms with Crippen LogP contribution >= 0.6 is 11.6 Å². The average molecular weight is 571 g/mol. The lowest BCUT2D eigenvalue weighted by Gasteiger charge is -2.42. The second-order valence-electron chi connectivity index (χ2n) is 9.72. The molecule has 4 rings (SSSR count). The fourth-order valence-corrected chi connectivity index (χ4v) is 5.27. The third-order valence-electron chi connectivity index (χ3n) is 7.26. The summed E-state index contributed by atoms with van der Waals surface area (Å²) in [7, 11) is 4.71. The minimum absolute atomic E-state index is 0.0606. The Morgan fingerprint density at radius 1 is 1.07 bits per heavy atom. The Balaban J connectivity index is 1.65. The summed E-state index contributed by atoms with van der Waals surface area (Å²) in [6.07, 6.45) is 0. The Morgan fingerprint density at radius 2 is 1.80 bits per heavy atom. The lowest BCUT2D eigenvalue weighted by atomic mass is 9.93. The molecule has 1 N–H and O–H groups in total. The van der Waals surface area contributed by atoms with Crippen LogP contribution in [0.4, 0.5) is 4.79 Å². The van der Waals surface area contributed by atoms with E-state index < -0.39 is 12.0 Å². The monoisotopic (exact) mass is 570 g/mol. The summed E-state index contributed by atoms with van der Waals surface area (Å²) >= 11 is 5.99. The summed E-state index contributed by atoms with van der Waals surface area (Å²) in [6.45, 7) is 5.83. The molecule has 0 spiro atoms. The van der Waals surface area contributed by atoms with Crippen molar-refractivity contribution in [2.75, 3.05) is 54.1 Å². The van der Waals surface area contributed by atoms with E-state index in [1.165, 1.54) is 12.0 Å². The van der Waals surface area contributed by atoms with E-state index in [0.717, 1.165) is 0 Å². The van der Waals surface area contributed by atoms with Crippen molar-refractivity contribution in [3.05, 3.63) is 69.9 Å². The number of nitrogens with one attached hydrogen (secondary N) is 1. The molecule has 0 aromatic heterocycles. The summed E-state index contributed by atoms with van der Waals surface area (Å²) < 4.78 is 16.4. The lowest BCUT2D eigenvalue weighted by molar-refractivity contribution is -0.139. The third-order valence-corrected chi connectivity index (χ3v) is 7.51. The Morgan fingerprint density at radius 3 is 2.42 bits per heavy atom. The van der Waals surface area contributed by atoms with Crippen molar-refractivity contribution in [3.8, 4) is 11.5 Å². The molecule has 2 aliphatic rings. The first kappa shape index (κ1) is 29.2. The fraction of sp³-hybridized carbons (Fsp3) is 0.414. The molecule has 0 radical (unpaired) electrons. The number of halogens is 1. The molecule has 40 heavy (non-hydrogen) atoms. The fourth-order valence-electron chi connectivity index (χ4n) is 5.14. The van der Waals surface area contributed by atoms with E-state index in [1.54, 1.807) is 63.5 Å². The molecule has 2 aliphatic heterocycles. The summed E-state index contributed by atoms with van der Waals surface area (Å²) in [5.41, 5.74) is 2.01. The highest BCUT2D eigenvalue weighted by atomic mass is 35.5. The van der Waals surface area contributed by atoms with E-state index in [4.69, 9.17) is 25.8 Å². The minimum Gasteiger partial charge on any atom is -0.497 e. The molecule has 2 aromatic rings. The molecule has 3 amide bonds. The van der Waals surface area contributed by atoms with Crippen LogP contribution in [-0.2, 0) is 9.53 Å². The molecule has 2 atom stereocenters. The van der Waals surface area contributed by atoms with Gasteiger partial charge in [0.25, 0.3) is 5.91 Å². The first-order valence-corrected chi connectivity index (χ1v) is 13.5. The van der Waals surface area contributed by atoms with Crippen LogP contribution in [0.15, 0.2) is 53.7 Å². The molecule has 11 heteroatoms. The van der Waals surface area contributed by atoms with Gasteiger partial charge in [0, 0.05) is 61.1 Å². The van der Waals surface area contributed by atoms with Crippen molar-refractivity contribution in [2.45, 2.75) is 25.9 Å². The molecule has 0 saturated carbocycles. The van der Waals surface area contributed by atoms with Crippen LogP contribution in [0, 0.1) is 0 Å². The number of benzene rings is 2. The first-order chi connectivity index (χ1) is 19.2. The maximum Gasteiger partial charge on any atom is 0.338 e. The van der Waals surface area contributed by atoms with Crippen LogP contribution < -0.4 is 14.8 Å². The number of rotatable bonds is 8. The topological polar surface area (TPSA) is 101 Å². The predicted octanol–water partition coefficient (Wildman–Crippen LogP) is 3.72. The van der Waals surface area contributed by atoms with Gasteiger partial charge >= 0.3 is 12.0 Å². The van der Waals surface area contributed by atoms with Gasteiger partial charge in [-0.25, -0.2) is 9.59 Å². The number of carbonyl (C=O) groups is 3. The van der Waals surface area contributed by atoms with E-state index in [0.29, 0.717) is 65.1 Å². The Bertz CT molecular complexity index is 1300. The van der Waals surface area contributed by atoms with Crippen molar-refractivity contribution < 1.29 is 28.6 Å². The molecular weight excluding hydrogens is 536 g/mol. The molecule has 10 nitrogen and oxygen atoms in total. The van der Waals surface area contributed by atoms with Crippen LogP contribution in [0.25, 0.3) is 0 Å². The molecule has 1 fully saturated rings. The number of esters is 1. The Labute approximate surface area is 239 Å². The summed E-state index contributed by atoms with van der Waals surface area (Å²) in [5.74, 6) is 0.474. The molecule has 0 bridgehead atoms. The van der Waals surface area contributed by atoms with Gasteiger partial charge in [-0.3, -0.25) is 14.6 Å². The van der Waals surface area contributed by atoms with Crippen molar-refractivity contribution in [1.29, 1.82) is 0 Å². The SMILES string of the molecule is CCOC(=O)C1=C(CN2CCN(C(=O)c3ccc(Cl)cc3)[C@@H](C)C2)N(C)C(=O)N[C@@H]1c1cc(OC)ccc1OC. The van der Waals surface area contributed by atoms with Gasteiger partial charge in [-0.15, -0.1) is 0 Å². The Kier molecular flexibility index (Phi) is 9.21. The highest BCUT2D eigenvalue weighted by Crippen LogP contribution is 2.38. The summed E-state index contributed by atoms with van der Waals surface area (Å²) in [5, 5.41) is 3.50. The molecular formula is C29H35ClN4O6. The predicted molar refractivity (Wildman–Crippen MR) is 151 cm³/mol. The van der Waals surface area contributed by atoms with Crippen LogP contribution in [-0.4, -0.2) is 92.7 Å². The smallest absolute Gasteiger partial charge is 0.338 e. The van der Waals surface area contributed by atoms with Crippen molar-refractivity contribution >= 4 is 29.5 Å². The number of amides is 3. The number of urea groups is 1. The van der Waals surface area contributed by atoms with Crippen molar-refractivity contribution in [3.63, 3.8) is 0 Å². The molecule has 214 valence electrons. The van der Waals surface area contributed by atoms with Gasteiger partial charge in [0.1, 0.15) is 11.5 Å². The molecule has 2 aromatic carbocycles. The number of likely N-dealkylation sites (N-methyl/N-ethyl adjacent to an activating group) is 1. The second-order valence-corrected chi connectivity index (χ2v) is 10.2. The maximum absolute atomic E-state index is 13.4. The Hall–Kier alpha value is -3.76. The van der Waals surface area contributed by atoms with Gasteiger partial charge in [0.15, 0.2) is 0 Å². The molecule has 0 unspecified atom stereocenters. The molecule has 0 aliphatic carbocycles. The maximum atomic E-state index is 13.4. The zero-order valence-electron chi connectivity index (χ0n) is 23.4. The van der Waals surface area contributed by atoms with E-state index >= 15 is 0 Å². The number of piperazine rings is 1. The van der Waals surface area contributed by atoms with Crippen LogP contribution in [0.3, 0.4) is 0 Å². The average Bonchev–Trinajstić information content (AvgIpc) is 2.95. The molecule has 1 saturated heterocycles. The van der Waals surface area contributed by atoms with Crippen molar-refractivity contribution in [1.82, 2.24) is 20.0 Å². The highest BCUT2D eigenvalue weighted by Gasteiger charge is 2.39. The summed E-state index contributed by atoms with van der Waals surface area (Å²) in [6, 6.07) is 10.8. The lowest BCUT2D eigenvalue weighted by Crippen LogP contribution is -2.56. The largest absolute Gasteiger partial charge is 0.497 e. The number of hydrogen-bond acceptors (Lipinski definition) is 7. The number of carbonyl (C=O) groups excluding carboxylic acids is 3. The van der Waals surface area contributed by atoms with Gasteiger partial charge < -0.3 is 24.4 Å². The normalized spacial score (nSPS) is 19.8. The number of nitrogens with zero attached hydrogens (tertiary/aromatic N) is 3. The quantitative estimate of drug-likeness (QED) is 0.483. The second kappa shape index (κ2) is 12.6. The van der Waals surface area contributed by atoms with Gasteiger partial charge in [0.2, 0.25) is 0 Å². The van der Waals surface area contributed by atoms with E-state index in [-0.39, 0.29) is 24.6 Å². The highest BCUT2D eigenvalue weighted by molar-refractivity contribution is 6.30. The number of methoxy groups -OCH3 is 2. The standard InChI is InChI=1S/C29H35ClN4O6/c1-6-40-28(36)25-23(32(3)29(37)31-26(25)22-15-21(38-4)11-12-24(22)39-5)17-33-13-14-34(18(2)16-33)27(35)19-7-9-20(30)10-8-19/h7-12,15,18,26H,6,13-14,16-17H2,1-5H3,(H,31,37)/t18-,26+/m0/s1.